The summed E-state index contributed by atoms with van der Waals surface area (Å²) in [4.78, 5) is 28.5. The number of esters is 1. The van der Waals surface area contributed by atoms with E-state index in [0.717, 1.165) is 43.2 Å². The fourth-order valence-electron chi connectivity index (χ4n) is 3.05. The zero-order valence-electron chi connectivity index (χ0n) is 15.1. The molecule has 1 amide bonds. The molecular weight excluding hydrogens is 326 g/mol. The third-order valence-electron chi connectivity index (χ3n) is 4.69. The molecule has 2 rings (SSSR count). The maximum Gasteiger partial charge on any atom is 0.341 e. The molecule has 0 bridgehead atoms. The number of nitrogens with one attached hydrogen (secondary N) is 3. The van der Waals surface area contributed by atoms with Gasteiger partial charge in [-0.1, -0.05) is 0 Å². The van der Waals surface area contributed by atoms with Crippen molar-refractivity contribution < 1.29 is 24.1 Å². The predicted molar refractivity (Wildman–Crippen MR) is 95.2 cm³/mol. The van der Waals surface area contributed by atoms with Crippen molar-refractivity contribution >= 4 is 28.2 Å². The minimum absolute atomic E-state index is 0.0308. The average Bonchev–Trinajstić information content (AvgIpc) is 2.82. The van der Waals surface area contributed by atoms with Gasteiger partial charge in [-0.05, 0) is 33.3 Å². The summed E-state index contributed by atoms with van der Waals surface area (Å²) in [5.74, 6) is -0.390. The average molecular weight is 356 g/mol. The van der Waals surface area contributed by atoms with E-state index in [2.05, 4.69) is 12.2 Å². The monoisotopic (exact) mass is 355 g/mol. The number of hydrogen-bond acceptors (Lipinski definition) is 4. The lowest BCUT2D eigenvalue weighted by Gasteiger charge is -2.28. The van der Waals surface area contributed by atoms with E-state index in [9.17, 15) is 9.59 Å². The van der Waals surface area contributed by atoms with E-state index in [-0.39, 0.29) is 11.9 Å². The molecule has 1 aromatic rings. The molecule has 6 nitrogen and oxygen atoms in total. The van der Waals surface area contributed by atoms with Gasteiger partial charge in [0.2, 0.25) is 0 Å². The molecule has 2 heterocycles. The van der Waals surface area contributed by atoms with Gasteiger partial charge in [-0.25, -0.2) is 4.79 Å². The molecule has 0 spiro atoms. The Labute approximate surface area is 147 Å². The van der Waals surface area contributed by atoms with Crippen molar-refractivity contribution in [3.63, 3.8) is 0 Å². The van der Waals surface area contributed by atoms with E-state index in [4.69, 9.17) is 4.74 Å². The minimum Gasteiger partial charge on any atom is -0.462 e. The second-order valence-electron chi connectivity index (χ2n) is 6.29. The van der Waals surface area contributed by atoms with Crippen LogP contribution in [-0.2, 0) is 9.53 Å². The predicted octanol–water partition coefficient (Wildman–Crippen LogP) is -0.717. The van der Waals surface area contributed by atoms with Crippen molar-refractivity contribution in [2.75, 3.05) is 51.2 Å². The van der Waals surface area contributed by atoms with Gasteiger partial charge in [0, 0.05) is 4.88 Å². The molecule has 1 aliphatic rings. The van der Waals surface area contributed by atoms with Crippen molar-refractivity contribution in [2.45, 2.75) is 27.7 Å². The Morgan fingerprint density at radius 3 is 2.33 bits per heavy atom. The molecule has 0 aliphatic carbocycles. The molecule has 0 unspecified atom stereocenters. The summed E-state index contributed by atoms with van der Waals surface area (Å²) in [7, 11) is 0. The van der Waals surface area contributed by atoms with Gasteiger partial charge in [0.25, 0.3) is 5.91 Å². The van der Waals surface area contributed by atoms with Crippen LogP contribution in [0.3, 0.4) is 0 Å². The Hall–Kier alpha value is -1.44. The second-order valence-corrected chi connectivity index (χ2v) is 7.51. The van der Waals surface area contributed by atoms with Crippen LogP contribution in [0.4, 0.5) is 5.00 Å². The SMILES string of the molecule is CCOC(=O)c1c(NC(=O)C[NH+]2CC[NH+](CC)CC2)sc(C)c1C. The number of carbonyl (C=O) groups excluding carboxylic acids is 2. The lowest BCUT2D eigenvalue weighted by atomic mass is 10.1. The standard InChI is InChI=1S/C17H27N3O3S/c1-5-19-7-9-20(10-8-19)11-14(21)18-16-15(17(22)23-6-2)12(3)13(4)24-16/h5-11H2,1-4H3,(H,18,21)/p+2. The molecule has 0 atom stereocenters. The molecule has 7 heteroatoms. The summed E-state index contributed by atoms with van der Waals surface area (Å²) in [6.45, 7) is 14.0. The molecule has 0 radical (unpaired) electrons. The van der Waals surface area contributed by atoms with Crippen LogP contribution in [0.25, 0.3) is 0 Å². The molecule has 0 saturated carbocycles. The molecule has 1 aromatic heterocycles. The number of quaternary nitrogens is 2. The molecule has 1 aliphatic heterocycles. The molecule has 1 fully saturated rings. The van der Waals surface area contributed by atoms with Gasteiger partial charge in [0.1, 0.15) is 31.2 Å². The van der Waals surface area contributed by atoms with Crippen LogP contribution in [0, 0.1) is 13.8 Å². The van der Waals surface area contributed by atoms with Crippen molar-refractivity contribution in [2.24, 2.45) is 0 Å². The lowest BCUT2D eigenvalue weighted by Crippen LogP contribution is -3.28. The van der Waals surface area contributed by atoms with Crippen LogP contribution in [0.1, 0.15) is 34.6 Å². The molecule has 24 heavy (non-hydrogen) atoms. The van der Waals surface area contributed by atoms with Gasteiger partial charge >= 0.3 is 5.97 Å². The van der Waals surface area contributed by atoms with Crippen LogP contribution in [0.15, 0.2) is 0 Å². The van der Waals surface area contributed by atoms with Crippen molar-refractivity contribution in [1.82, 2.24) is 0 Å². The highest BCUT2D eigenvalue weighted by atomic mass is 32.1. The summed E-state index contributed by atoms with van der Waals surface area (Å²) in [5.41, 5.74) is 1.39. The first-order valence-electron chi connectivity index (χ1n) is 8.70. The quantitative estimate of drug-likeness (QED) is 0.591. The van der Waals surface area contributed by atoms with Gasteiger partial charge in [-0.3, -0.25) is 4.79 Å². The third kappa shape index (κ3) is 4.55. The number of carbonyl (C=O) groups is 2. The number of amides is 1. The molecule has 0 aromatic carbocycles. The maximum atomic E-state index is 12.4. The smallest absolute Gasteiger partial charge is 0.341 e. The van der Waals surface area contributed by atoms with Gasteiger partial charge in [-0.15, -0.1) is 11.3 Å². The van der Waals surface area contributed by atoms with Gasteiger partial charge in [-0.2, -0.15) is 0 Å². The van der Waals surface area contributed by atoms with Crippen molar-refractivity contribution in [3.8, 4) is 0 Å². The van der Waals surface area contributed by atoms with Gasteiger partial charge in [0.05, 0.1) is 18.7 Å². The normalized spacial score (nSPS) is 20.7. The van der Waals surface area contributed by atoms with Crippen LogP contribution in [0.5, 0.6) is 0 Å². The number of rotatable bonds is 6. The fourth-order valence-corrected chi connectivity index (χ4v) is 4.11. The number of aryl methyl sites for hydroxylation is 1. The Morgan fingerprint density at radius 1 is 1.12 bits per heavy atom. The first kappa shape index (κ1) is 18.9. The molecule has 1 saturated heterocycles. The Kier molecular flexibility index (Phi) is 6.77. The van der Waals surface area contributed by atoms with Crippen LogP contribution in [-0.4, -0.2) is 57.8 Å². The zero-order chi connectivity index (χ0) is 17.7. The number of thiophene rings is 1. The Balaban J connectivity index is 1.99. The highest BCUT2D eigenvalue weighted by molar-refractivity contribution is 7.16. The van der Waals surface area contributed by atoms with Gasteiger partial charge < -0.3 is 19.9 Å². The van der Waals surface area contributed by atoms with Gasteiger partial charge in [0.15, 0.2) is 6.54 Å². The first-order chi connectivity index (χ1) is 11.5. The van der Waals surface area contributed by atoms with E-state index in [1.807, 2.05) is 13.8 Å². The van der Waals surface area contributed by atoms with E-state index in [1.165, 1.54) is 16.2 Å². The zero-order valence-corrected chi connectivity index (χ0v) is 15.9. The topological polar surface area (TPSA) is 64.3 Å². The molecule has 134 valence electrons. The van der Waals surface area contributed by atoms with Crippen LogP contribution in [0.2, 0.25) is 0 Å². The number of likely N-dealkylation sites (N-methyl/N-ethyl adjacent to an activating group) is 1. The van der Waals surface area contributed by atoms with Crippen molar-refractivity contribution in [3.05, 3.63) is 16.0 Å². The van der Waals surface area contributed by atoms with E-state index >= 15 is 0 Å². The number of ether oxygens (including phenoxy) is 1. The van der Waals surface area contributed by atoms with Crippen molar-refractivity contribution in [1.29, 1.82) is 0 Å². The summed E-state index contributed by atoms with van der Waals surface area (Å²) < 4.78 is 5.13. The summed E-state index contributed by atoms with van der Waals surface area (Å²) in [5, 5.41) is 3.55. The van der Waals surface area contributed by atoms with E-state index < -0.39 is 0 Å². The van der Waals surface area contributed by atoms with E-state index in [0.29, 0.717) is 23.7 Å². The summed E-state index contributed by atoms with van der Waals surface area (Å²) >= 11 is 1.44. The second kappa shape index (κ2) is 8.60. The lowest BCUT2D eigenvalue weighted by molar-refractivity contribution is -1.01. The molecule has 3 N–H and O–H groups in total. The highest BCUT2D eigenvalue weighted by Crippen LogP contribution is 2.32. The largest absolute Gasteiger partial charge is 0.462 e. The Bertz CT molecular complexity index is 592. The minimum atomic E-state index is -0.359. The summed E-state index contributed by atoms with van der Waals surface area (Å²) in [6, 6.07) is 0. The molecular formula is C17H29N3O3S+2. The maximum absolute atomic E-state index is 12.4. The number of piperazine rings is 1. The fraction of sp³-hybridized carbons (Fsp3) is 0.647. The number of hydrogen-bond donors (Lipinski definition) is 3. The number of anilines is 1. The van der Waals surface area contributed by atoms with Crippen LogP contribution < -0.4 is 15.1 Å². The van der Waals surface area contributed by atoms with E-state index in [1.54, 1.807) is 11.8 Å². The highest BCUT2D eigenvalue weighted by Gasteiger charge is 2.26. The summed E-state index contributed by atoms with van der Waals surface area (Å²) in [6.07, 6.45) is 0. The first-order valence-corrected chi connectivity index (χ1v) is 9.51. The van der Waals surface area contributed by atoms with Crippen LogP contribution >= 0.6 is 11.3 Å². The third-order valence-corrected chi connectivity index (χ3v) is 5.82. The Morgan fingerprint density at radius 2 is 1.75 bits per heavy atom.